The summed E-state index contributed by atoms with van der Waals surface area (Å²) in [6.07, 6.45) is 0. The van der Waals surface area contributed by atoms with Crippen LogP contribution < -0.4 is 14.8 Å². The quantitative estimate of drug-likeness (QED) is 0.829. The molecule has 0 spiro atoms. The maximum absolute atomic E-state index is 12.2. The van der Waals surface area contributed by atoms with Crippen molar-refractivity contribution < 1.29 is 14.3 Å². The lowest BCUT2D eigenvalue weighted by molar-refractivity contribution is -0.136. The van der Waals surface area contributed by atoms with Crippen LogP contribution in [0.5, 0.6) is 11.5 Å². The summed E-state index contributed by atoms with van der Waals surface area (Å²) < 4.78 is 10.7. The fourth-order valence-electron chi connectivity index (χ4n) is 2.30. The normalized spacial score (nSPS) is 15.2. The molecule has 0 bridgehead atoms. The van der Waals surface area contributed by atoms with E-state index in [2.05, 4.69) is 5.32 Å². The highest BCUT2D eigenvalue weighted by molar-refractivity contribution is 5.85. The summed E-state index contributed by atoms with van der Waals surface area (Å²) in [5.74, 6) is 2.34. The Kier molecular flexibility index (Phi) is 7.48. The zero-order valence-electron chi connectivity index (χ0n) is 13.4. The molecule has 1 atom stereocenters. The highest BCUT2D eigenvalue weighted by atomic mass is 35.5. The smallest absolute Gasteiger partial charge is 0.225 e. The number of methoxy groups -OCH3 is 1. The SMILES string of the molecule is COc1ccc(OCCN(C)C(=O)C(C)C2CNC2)cc1.Cl. The Labute approximate surface area is 138 Å². The van der Waals surface area contributed by atoms with Crippen LogP contribution in [-0.4, -0.2) is 51.2 Å². The van der Waals surface area contributed by atoms with Crippen LogP contribution in [-0.2, 0) is 4.79 Å². The molecule has 1 unspecified atom stereocenters. The van der Waals surface area contributed by atoms with Gasteiger partial charge in [-0.15, -0.1) is 12.4 Å². The lowest BCUT2D eigenvalue weighted by Crippen LogP contribution is -2.50. The Morgan fingerprint density at radius 1 is 1.32 bits per heavy atom. The second-order valence-corrected chi connectivity index (χ2v) is 5.49. The summed E-state index contributed by atoms with van der Waals surface area (Å²) in [5.41, 5.74) is 0. The molecule has 0 aromatic heterocycles. The van der Waals surface area contributed by atoms with Gasteiger partial charge in [-0.3, -0.25) is 4.79 Å². The van der Waals surface area contributed by atoms with Gasteiger partial charge in [0.25, 0.3) is 0 Å². The molecule has 1 N–H and O–H groups in total. The molecule has 1 amide bonds. The summed E-state index contributed by atoms with van der Waals surface area (Å²) in [7, 11) is 3.47. The first kappa shape index (κ1) is 18.6. The average molecular weight is 329 g/mol. The number of carbonyl (C=O) groups is 1. The maximum atomic E-state index is 12.2. The van der Waals surface area contributed by atoms with Gasteiger partial charge in [0.05, 0.1) is 13.7 Å². The van der Waals surface area contributed by atoms with Crippen molar-refractivity contribution in [2.45, 2.75) is 6.92 Å². The summed E-state index contributed by atoms with van der Waals surface area (Å²) >= 11 is 0. The Morgan fingerprint density at radius 3 is 2.41 bits per heavy atom. The van der Waals surface area contributed by atoms with Crippen LogP contribution in [0.15, 0.2) is 24.3 Å². The van der Waals surface area contributed by atoms with Crippen LogP contribution >= 0.6 is 12.4 Å². The van der Waals surface area contributed by atoms with Gasteiger partial charge in [-0.2, -0.15) is 0 Å². The molecule has 22 heavy (non-hydrogen) atoms. The molecular formula is C16H25ClN2O3. The summed E-state index contributed by atoms with van der Waals surface area (Å²) in [6.45, 7) is 4.99. The first-order valence-corrected chi connectivity index (χ1v) is 7.34. The third-order valence-electron chi connectivity index (χ3n) is 4.04. The van der Waals surface area contributed by atoms with Crippen LogP contribution in [0.2, 0.25) is 0 Å². The molecular weight excluding hydrogens is 304 g/mol. The molecule has 1 fully saturated rings. The van der Waals surface area contributed by atoms with Crippen molar-refractivity contribution in [3.05, 3.63) is 24.3 Å². The number of likely N-dealkylation sites (N-methyl/N-ethyl adjacent to an activating group) is 1. The number of amides is 1. The van der Waals surface area contributed by atoms with Crippen molar-refractivity contribution in [1.82, 2.24) is 10.2 Å². The van der Waals surface area contributed by atoms with E-state index in [0.29, 0.717) is 19.1 Å². The summed E-state index contributed by atoms with van der Waals surface area (Å²) in [4.78, 5) is 14.0. The second kappa shape index (κ2) is 8.86. The van der Waals surface area contributed by atoms with Gasteiger partial charge in [-0.05, 0) is 43.3 Å². The molecule has 1 aliphatic heterocycles. The fourth-order valence-corrected chi connectivity index (χ4v) is 2.30. The lowest BCUT2D eigenvalue weighted by atomic mass is 9.88. The van der Waals surface area contributed by atoms with E-state index in [0.717, 1.165) is 24.6 Å². The summed E-state index contributed by atoms with van der Waals surface area (Å²) in [5, 5.41) is 3.20. The molecule has 1 saturated heterocycles. The van der Waals surface area contributed by atoms with Crippen LogP contribution in [0.25, 0.3) is 0 Å². The number of ether oxygens (including phenoxy) is 2. The zero-order valence-corrected chi connectivity index (χ0v) is 14.2. The number of hydrogen-bond donors (Lipinski definition) is 1. The lowest BCUT2D eigenvalue weighted by Gasteiger charge is -2.33. The highest BCUT2D eigenvalue weighted by Gasteiger charge is 2.30. The number of nitrogens with zero attached hydrogens (tertiary/aromatic N) is 1. The largest absolute Gasteiger partial charge is 0.497 e. The number of rotatable bonds is 7. The predicted molar refractivity (Wildman–Crippen MR) is 88.9 cm³/mol. The summed E-state index contributed by atoms with van der Waals surface area (Å²) in [6, 6.07) is 7.44. The zero-order chi connectivity index (χ0) is 15.2. The number of hydrogen-bond acceptors (Lipinski definition) is 4. The molecule has 1 heterocycles. The number of carbonyl (C=O) groups excluding carboxylic acids is 1. The standard InChI is InChI=1S/C16H24N2O3.ClH/c1-12(13-10-17-11-13)16(19)18(2)8-9-21-15-6-4-14(20-3)5-7-15;/h4-7,12-13,17H,8-11H2,1-3H3;1H. The van der Waals surface area contributed by atoms with Crippen molar-refractivity contribution in [3.63, 3.8) is 0 Å². The van der Waals surface area contributed by atoms with Crippen molar-refractivity contribution in [2.24, 2.45) is 11.8 Å². The van der Waals surface area contributed by atoms with Crippen molar-refractivity contribution >= 4 is 18.3 Å². The van der Waals surface area contributed by atoms with Crippen LogP contribution in [0.3, 0.4) is 0 Å². The number of benzene rings is 1. The Hall–Kier alpha value is -1.46. The van der Waals surface area contributed by atoms with E-state index in [-0.39, 0.29) is 24.2 Å². The first-order valence-electron chi connectivity index (χ1n) is 7.34. The van der Waals surface area contributed by atoms with Gasteiger partial charge in [0, 0.05) is 13.0 Å². The maximum Gasteiger partial charge on any atom is 0.225 e. The predicted octanol–water partition coefficient (Wildman–Crippen LogP) is 1.81. The third kappa shape index (κ3) is 4.78. The van der Waals surface area contributed by atoms with Crippen LogP contribution in [0.1, 0.15) is 6.92 Å². The van der Waals surface area contributed by atoms with Crippen molar-refractivity contribution in [3.8, 4) is 11.5 Å². The molecule has 124 valence electrons. The molecule has 1 aliphatic rings. The van der Waals surface area contributed by atoms with Gasteiger partial charge in [0.2, 0.25) is 5.91 Å². The van der Waals surface area contributed by atoms with E-state index in [1.807, 2.05) is 38.2 Å². The average Bonchev–Trinajstić information content (AvgIpc) is 2.45. The topological polar surface area (TPSA) is 50.8 Å². The highest BCUT2D eigenvalue weighted by Crippen LogP contribution is 2.19. The minimum absolute atomic E-state index is 0. The Bertz CT molecular complexity index is 463. The first-order chi connectivity index (χ1) is 10.1. The number of nitrogens with one attached hydrogen (secondary N) is 1. The molecule has 0 radical (unpaired) electrons. The monoisotopic (exact) mass is 328 g/mol. The van der Waals surface area contributed by atoms with E-state index in [1.54, 1.807) is 12.0 Å². The minimum Gasteiger partial charge on any atom is -0.497 e. The minimum atomic E-state index is 0. The van der Waals surface area contributed by atoms with Crippen LogP contribution in [0, 0.1) is 11.8 Å². The van der Waals surface area contributed by atoms with E-state index in [4.69, 9.17) is 9.47 Å². The van der Waals surface area contributed by atoms with Crippen molar-refractivity contribution in [1.29, 1.82) is 0 Å². The van der Waals surface area contributed by atoms with Gasteiger partial charge < -0.3 is 19.7 Å². The molecule has 0 saturated carbocycles. The van der Waals surface area contributed by atoms with Gasteiger partial charge >= 0.3 is 0 Å². The molecule has 6 heteroatoms. The van der Waals surface area contributed by atoms with E-state index < -0.39 is 0 Å². The Balaban J connectivity index is 0.00000242. The molecule has 5 nitrogen and oxygen atoms in total. The molecule has 0 aliphatic carbocycles. The van der Waals surface area contributed by atoms with Crippen molar-refractivity contribution in [2.75, 3.05) is 40.4 Å². The van der Waals surface area contributed by atoms with E-state index in [9.17, 15) is 4.79 Å². The van der Waals surface area contributed by atoms with Gasteiger partial charge in [-0.1, -0.05) is 6.92 Å². The fraction of sp³-hybridized carbons (Fsp3) is 0.562. The van der Waals surface area contributed by atoms with Gasteiger partial charge in [0.1, 0.15) is 18.1 Å². The van der Waals surface area contributed by atoms with E-state index in [1.165, 1.54) is 0 Å². The number of halogens is 1. The molecule has 2 rings (SSSR count). The molecule has 1 aromatic rings. The van der Waals surface area contributed by atoms with E-state index >= 15 is 0 Å². The van der Waals surface area contributed by atoms with Crippen LogP contribution in [0.4, 0.5) is 0 Å². The Morgan fingerprint density at radius 2 is 1.91 bits per heavy atom. The molecule has 1 aromatic carbocycles. The van der Waals surface area contributed by atoms with Gasteiger partial charge in [0.15, 0.2) is 0 Å². The van der Waals surface area contributed by atoms with Gasteiger partial charge in [-0.25, -0.2) is 0 Å². The second-order valence-electron chi connectivity index (χ2n) is 5.49. The third-order valence-corrected chi connectivity index (χ3v) is 4.04.